The first-order chi connectivity index (χ1) is 15.0. The van der Waals surface area contributed by atoms with Gasteiger partial charge in [0.2, 0.25) is 11.8 Å². The van der Waals surface area contributed by atoms with Gasteiger partial charge in [0.1, 0.15) is 5.82 Å². The third-order valence-electron chi connectivity index (χ3n) is 5.48. The van der Waals surface area contributed by atoms with Gasteiger partial charge < -0.3 is 15.5 Å². The van der Waals surface area contributed by atoms with E-state index in [0.717, 1.165) is 31.2 Å². The molecule has 0 aliphatic heterocycles. The van der Waals surface area contributed by atoms with Gasteiger partial charge in [0.05, 0.1) is 13.0 Å². The maximum absolute atomic E-state index is 13.3. The topological polar surface area (TPSA) is 78.5 Å². The molecule has 7 heteroatoms. The minimum absolute atomic E-state index is 0.0266. The summed E-state index contributed by atoms with van der Waals surface area (Å²) < 4.78 is 13.3. The lowest BCUT2D eigenvalue weighted by Gasteiger charge is -2.23. The van der Waals surface area contributed by atoms with E-state index in [-0.39, 0.29) is 36.7 Å². The molecule has 0 atom stereocenters. The lowest BCUT2D eigenvalue weighted by Crippen LogP contribution is -2.41. The summed E-state index contributed by atoms with van der Waals surface area (Å²) in [5.41, 5.74) is 2.12. The van der Waals surface area contributed by atoms with Crippen molar-refractivity contribution in [3.8, 4) is 0 Å². The van der Waals surface area contributed by atoms with Gasteiger partial charge in [0, 0.05) is 24.2 Å². The highest BCUT2D eigenvalue weighted by molar-refractivity contribution is 5.94. The Morgan fingerprint density at radius 3 is 2.35 bits per heavy atom. The summed E-state index contributed by atoms with van der Waals surface area (Å²) in [5, 5.41) is 5.60. The molecule has 0 heterocycles. The van der Waals surface area contributed by atoms with Gasteiger partial charge in [-0.25, -0.2) is 4.39 Å². The molecule has 2 aromatic carbocycles. The molecule has 162 valence electrons. The number of carbonyl (C=O) groups is 3. The molecule has 31 heavy (non-hydrogen) atoms. The third kappa shape index (κ3) is 6.13. The van der Waals surface area contributed by atoms with Crippen LogP contribution in [0.5, 0.6) is 0 Å². The van der Waals surface area contributed by atoms with Gasteiger partial charge >= 0.3 is 0 Å². The normalized spacial score (nSPS) is 15.3. The summed E-state index contributed by atoms with van der Waals surface area (Å²) in [7, 11) is 0. The molecule has 0 spiro atoms. The van der Waals surface area contributed by atoms with Crippen molar-refractivity contribution in [1.82, 2.24) is 15.5 Å². The van der Waals surface area contributed by atoms with Crippen LogP contribution in [-0.2, 0) is 22.6 Å². The fourth-order valence-corrected chi connectivity index (χ4v) is 3.43. The summed E-state index contributed by atoms with van der Waals surface area (Å²) in [4.78, 5) is 38.8. The fraction of sp³-hybridized carbons (Fsp3) is 0.375. The Hall–Kier alpha value is -3.22. The SMILES string of the molecule is O=C(Cc1cccc(F)c1)NCC(=O)N(Cc1ccc(C(=O)NC2CC2)cc1)C1CC1. The predicted octanol–water partition coefficient (Wildman–Crippen LogP) is 2.57. The summed E-state index contributed by atoms with van der Waals surface area (Å²) in [6.07, 6.45) is 4.01. The smallest absolute Gasteiger partial charge is 0.251 e. The van der Waals surface area contributed by atoms with E-state index in [1.165, 1.54) is 12.1 Å². The van der Waals surface area contributed by atoms with Crippen LogP contribution in [0.3, 0.4) is 0 Å². The van der Waals surface area contributed by atoms with Crippen molar-refractivity contribution < 1.29 is 18.8 Å². The molecule has 2 fully saturated rings. The molecular weight excluding hydrogens is 397 g/mol. The molecule has 6 nitrogen and oxygen atoms in total. The van der Waals surface area contributed by atoms with Crippen molar-refractivity contribution in [3.63, 3.8) is 0 Å². The van der Waals surface area contributed by atoms with Crippen molar-refractivity contribution in [3.05, 3.63) is 71.0 Å². The average Bonchev–Trinajstić information content (AvgIpc) is 3.66. The summed E-state index contributed by atoms with van der Waals surface area (Å²) in [6.45, 7) is 0.348. The average molecular weight is 423 g/mol. The molecule has 2 N–H and O–H groups in total. The van der Waals surface area contributed by atoms with E-state index in [9.17, 15) is 18.8 Å². The third-order valence-corrected chi connectivity index (χ3v) is 5.48. The van der Waals surface area contributed by atoms with Crippen LogP contribution in [0.4, 0.5) is 4.39 Å². The van der Waals surface area contributed by atoms with Crippen LogP contribution in [0.2, 0.25) is 0 Å². The monoisotopic (exact) mass is 423 g/mol. The highest BCUT2D eigenvalue weighted by Gasteiger charge is 2.32. The minimum atomic E-state index is -0.391. The Kier molecular flexibility index (Phi) is 6.30. The summed E-state index contributed by atoms with van der Waals surface area (Å²) in [5.74, 6) is -0.922. The van der Waals surface area contributed by atoms with E-state index < -0.39 is 5.82 Å². The van der Waals surface area contributed by atoms with Gasteiger partial charge in [-0.15, -0.1) is 0 Å². The second-order valence-electron chi connectivity index (χ2n) is 8.28. The molecule has 2 aromatic rings. The van der Waals surface area contributed by atoms with Crippen molar-refractivity contribution in [2.24, 2.45) is 0 Å². The zero-order chi connectivity index (χ0) is 21.8. The lowest BCUT2D eigenvalue weighted by molar-refractivity contribution is -0.133. The Labute approximate surface area is 180 Å². The van der Waals surface area contributed by atoms with E-state index in [4.69, 9.17) is 0 Å². The zero-order valence-electron chi connectivity index (χ0n) is 17.3. The maximum atomic E-state index is 13.3. The Morgan fingerprint density at radius 1 is 0.968 bits per heavy atom. The number of carbonyl (C=O) groups excluding carboxylic acids is 3. The van der Waals surface area contributed by atoms with Gasteiger partial charge in [-0.2, -0.15) is 0 Å². The summed E-state index contributed by atoms with van der Waals surface area (Å²) >= 11 is 0. The molecule has 0 unspecified atom stereocenters. The quantitative estimate of drug-likeness (QED) is 0.651. The second kappa shape index (κ2) is 9.29. The first kappa shape index (κ1) is 21.0. The Balaban J connectivity index is 1.29. The molecule has 0 saturated heterocycles. The van der Waals surface area contributed by atoms with Gasteiger partial charge in [0.15, 0.2) is 0 Å². The van der Waals surface area contributed by atoms with Gasteiger partial charge in [0.25, 0.3) is 5.91 Å². The number of nitrogens with zero attached hydrogens (tertiary/aromatic N) is 1. The van der Waals surface area contributed by atoms with Gasteiger partial charge in [-0.1, -0.05) is 24.3 Å². The van der Waals surface area contributed by atoms with Crippen LogP contribution < -0.4 is 10.6 Å². The number of nitrogens with one attached hydrogen (secondary N) is 2. The van der Waals surface area contributed by atoms with Crippen molar-refractivity contribution in [2.45, 2.75) is 50.7 Å². The molecule has 2 aliphatic carbocycles. The number of halogens is 1. The highest BCUT2D eigenvalue weighted by Crippen LogP contribution is 2.28. The number of hydrogen-bond acceptors (Lipinski definition) is 3. The number of amides is 3. The molecule has 3 amide bonds. The summed E-state index contributed by atoms with van der Waals surface area (Å²) in [6, 6.07) is 13.7. The first-order valence-electron chi connectivity index (χ1n) is 10.7. The maximum Gasteiger partial charge on any atom is 0.251 e. The molecule has 2 saturated carbocycles. The van der Waals surface area contributed by atoms with E-state index in [0.29, 0.717) is 23.7 Å². The number of benzene rings is 2. The van der Waals surface area contributed by atoms with Gasteiger partial charge in [-0.05, 0) is 61.1 Å². The molecule has 0 bridgehead atoms. The van der Waals surface area contributed by atoms with Crippen molar-refractivity contribution >= 4 is 17.7 Å². The molecule has 2 aliphatic rings. The lowest BCUT2D eigenvalue weighted by atomic mass is 10.1. The van der Waals surface area contributed by atoms with Crippen LogP contribution in [0, 0.1) is 5.82 Å². The molecular formula is C24H26FN3O3. The predicted molar refractivity (Wildman–Crippen MR) is 114 cm³/mol. The van der Waals surface area contributed by atoms with Crippen LogP contribution >= 0.6 is 0 Å². The molecule has 4 rings (SSSR count). The van der Waals surface area contributed by atoms with E-state index >= 15 is 0 Å². The Morgan fingerprint density at radius 2 is 1.71 bits per heavy atom. The standard InChI is InChI=1S/C24H26FN3O3/c25-19-3-1-2-17(12-19)13-22(29)26-14-23(30)28(21-10-11-21)15-16-4-6-18(7-5-16)24(31)27-20-8-9-20/h1-7,12,20-21H,8-11,13-15H2,(H,26,29)(H,27,31). The molecule has 0 aromatic heterocycles. The largest absolute Gasteiger partial charge is 0.349 e. The minimum Gasteiger partial charge on any atom is -0.349 e. The van der Waals surface area contributed by atoms with Crippen LogP contribution in [0.1, 0.15) is 47.2 Å². The number of hydrogen-bond donors (Lipinski definition) is 2. The first-order valence-corrected chi connectivity index (χ1v) is 10.7. The van der Waals surface area contributed by atoms with Crippen LogP contribution in [-0.4, -0.2) is 41.2 Å². The second-order valence-corrected chi connectivity index (χ2v) is 8.28. The van der Waals surface area contributed by atoms with Crippen molar-refractivity contribution in [2.75, 3.05) is 6.54 Å². The van der Waals surface area contributed by atoms with Crippen molar-refractivity contribution in [1.29, 1.82) is 0 Å². The Bertz CT molecular complexity index is 968. The fourth-order valence-electron chi connectivity index (χ4n) is 3.43. The van der Waals surface area contributed by atoms with Gasteiger partial charge in [-0.3, -0.25) is 14.4 Å². The van der Waals surface area contributed by atoms with Crippen LogP contribution in [0.25, 0.3) is 0 Å². The van der Waals surface area contributed by atoms with E-state index in [1.54, 1.807) is 29.2 Å². The molecule has 0 radical (unpaired) electrons. The van der Waals surface area contributed by atoms with E-state index in [2.05, 4.69) is 10.6 Å². The number of rotatable bonds is 9. The van der Waals surface area contributed by atoms with Crippen LogP contribution in [0.15, 0.2) is 48.5 Å². The highest BCUT2D eigenvalue weighted by atomic mass is 19.1. The zero-order valence-corrected chi connectivity index (χ0v) is 17.3. The van der Waals surface area contributed by atoms with E-state index in [1.807, 2.05) is 12.1 Å².